The zero-order valence-electron chi connectivity index (χ0n) is 19.0. The lowest BCUT2D eigenvalue weighted by Crippen LogP contribution is -2.23. The highest BCUT2D eigenvalue weighted by Crippen LogP contribution is 2.28. The molecule has 4 rings (SSSR count). The van der Waals surface area contributed by atoms with Crippen molar-refractivity contribution in [2.75, 3.05) is 19.8 Å². The van der Waals surface area contributed by atoms with Crippen LogP contribution in [0.3, 0.4) is 0 Å². The Kier molecular flexibility index (Phi) is 6.77. The molecule has 0 aliphatic heterocycles. The van der Waals surface area contributed by atoms with Crippen LogP contribution in [-0.4, -0.2) is 50.3 Å². The summed E-state index contributed by atoms with van der Waals surface area (Å²) >= 11 is 1.46. The Bertz CT molecular complexity index is 1210. The van der Waals surface area contributed by atoms with Crippen molar-refractivity contribution in [3.8, 4) is 0 Å². The predicted molar refractivity (Wildman–Crippen MR) is 130 cm³/mol. The topological polar surface area (TPSA) is 66.8 Å². The van der Waals surface area contributed by atoms with Crippen molar-refractivity contribution in [1.82, 2.24) is 24.6 Å². The Hall–Kier alpha value is -2.90. The van der Waals surface area contributed by atoms with E-state index in [9.17, 15) is 4.79 Å². The van der Waals surface area contributed by atoms with E-state index in [0.717, 1.165) is 39.6 Å². The maximum atomic E-state index is 13.2. The molecule has 4 aromatic rings. The number of nitrogens with one attached hydrogen (secondary N) is 1. The highest BCUT2D eigenvalue weighted by Gasteiger charge is 2.23. The fourth-order valence-corrected chi connectivity index (χ4v) is 5.00. The monoisotopic (exact) mass is 447 g/mol. The van der Waals surface area contributed by atoms with E-state index >= 15 is 0 Å². The van der Waals surface area contributed by atoms with E-state index in [0.29, 0.717) is 12.3 Å². The minimum Gasteiger partial charge on any atom is -0.358 e. The molecule has 0 radical (unpaired) electrons. The number of aromatic amines is 1. The molecule has 7 heteroatoms. The van der Waals surface area contributed by atoms with Gasteiger partial charge in [-0.25, -0.2) is 0 Å². The number of benzene rings is 2. The SMILES string of the molecule is CC[C@@H](c1nnc(SCC(=O)c2c(C)[nH]c3ccccc23)n1Cc1ccccc1)N(C)C. The van der Waals surface area contributed by atoms with Crippen molar-refractivity contribution in [3.05, 3.63) is 77.2 Å². The number of carbonyl (C=O) groups excluding carboxylic acids is 1. The number of aryl methyl sites for hydroxylation is 1. The lowest BCUT2D eigenvalue weighted by atomic mass is 10.1. The summed E-state index contributed by atoms with van der Waals surface area (Å²) in [5.74, 6) is 1.34. The molecule has 2 aromatic carbocycles. The largest absolute Gasteiger partial charge is 0.358 e. The molecule has 166 valence electrons. The molecule has 1 atom stereocenters. The third-order valence-corrected chi connectivity index (χ3v) is 6.71. The predicted octanol–water partition coefficient (Wildman–Crippen LogP) is 5.10. The van der Waals surface area contributed by atoms with Gasteiger partial charge >= 0.3 is 0 Å². The Morgan fingerprint density at radius 1 is 1.09 bits per heavy atom. The Morgan fingerprint density at radius 3 is 2.53 bits per heavy atom. The third-order valence-electron chi connectivity index (χ3n) is 5.74. The summed E-state index contributed by atoms with van der Waals surface area (Å²) in [6, 6.07) is 18.4. The average molecular weight is 448 g/mol. The normalized spacial score (nSPS) is 12.5. The van der Waals surface area contributed by atoms with Crippen molar-refractivity contribution < 1.29 is 4.79 Å². The van der Waals surface area contributed by atoms with Crippen molar-refractivity contribution in [1.29, 1.82) is 0 Å². The Balaban J connectivity index is 1.62. The number of rotatable bonds is 9. The van der Waals surface area contributed by atoms with Crippen LogP contribution in [0.2, 0.25) is 0 Å². The van der Waals surface area contributed by atoms with Crippen molar-refractivity contribution in [2.24, 2.45) is 0 Å². The van der Waals surface area contributed by atoms with Crippen LogP contribution in [0.4, 0.5) is 0 Å². The van der Waals surface area contributed by atoms with Gasteiger partial charge in [0.15, 0.2) is 16.8 Å². The zero-order chi connectivity index (χ0) is 22.7. The van der Waals surface area contributed by atoms with Gasteiger partial charge in [0.1, 0.15) is 0 Å². The summed E-state index contributed by atoms with van der Waals surface area (Å²) in [4.78, 5) is 18.7. The quantitative estimate of drug-likeness (QED) is 0.285. The Labute approximate surface area is 193 Å². The number of thioether (sulfide) groups is 1. The van der Waals surface area contributed by atoms with Gasteiger partial charge < -0.3 is 9.55 Å². The first-order chi connectivity index (χ1) is 15.5. The lowest BCUT2D eigenvalue weighted by Gasteiger charge is -2.23. The minimum absolute atomic E-state index is 0.0976. The van der Waals surface area contributed by atoms with E-state index in [1.807, 2.05) is 49.4 Å². The lowest BCUT2D eigenvalue weighted by molar-refractivity contribution is 0.102. The Morgan fingerprint density at radius 2 is 1.81 bits per heavy atom. The first kappa shape index (κ1) is 22.3. The second-order valence-corrected chi connectivity index (χ2v) is 9.13. The molecular formula is C25H29N5OS. The highest BCUT2D eigenvalue weighted by molar-refractivity contribution is 7.99. The molecule has 0 aliphatic rings. The first-order valence-electron chi connectivity index (χ1n) is 10.9. The molecule has 2 heterocycles. The summed E-state index contributed by atoms with van der Waals surface area (Å²) in [6.07, 6.45) is 0.929. The molecule has 2 aromatic heterocycles. The zero-order valence-corrected chi connectivity index (χ0v) is 19.8. The molecule has 1 N–H and O–H groups in total. The number of fused-ring (bicyclic) bond motifs is 1. The summed E-state index contributed by atoms with van der Waals surface area (Å²) < 4.78 is 2.16. The molecule has 32 heavy (non-hydrogen) atoms. The van der Waals surface area contributed by atoms with Crippen LogP contribution in [-0.2, 0) is 6.54 Å². The second kappa shape index (κ2) is 9.71. The van der Waals surface area contributed by atoms with E-state index in [1.165, 1.54) is 17.3 Å². The number of nitrogens with zero attached hydrogens (tertiary/aromatic N) is 4. The summed E-state index contributed by atoms with van der Waals surface area (Å²) in [7, 11) is 4.12. The van der Waals surface area contributed by atoms with Crippen LogP contribution in [0.15, 0.2) is 59.8 Å². The minimum atomic E-state index is 0.0976. The van der Waals surface area contributed by atoms with Crippen molar-refractivity contribution in [2.45, 2.75) is 38.0 Å². The van der Waals surface area contributed by atoms with Gasteiger partial charge in [-0.3, -0.25) is 9.69 Å². The molecular weight excluding hydrogens is 418 g/mol. The molecule has 0 fully saturated rings. The van der Waals surface area contributed by atoms with Crippen molar-refractivity contribution >= 4 is 28.4 Å². The molecule has 0 saturated heterocycles. The van der Waals surface area contributed by atoms with Gasteiger partial charge in [-0.05, 0) is 39.1 Å². The number of aromatic nitrogens is 4. The number of carbonyl (C=O) groups is 1. The highest BCUT2D eigenvalue weighted by atomic mass is 32.2. The van der Waals surface area contributed by atoms with Crippen LogP contribution >= 0.6 is 11.8 Å². The van der Waals surface area contributed by atoms with E-state index < -0.39 is 0 Å². The maximum absolute atomic E-state index is 13.2. The van der Waals surface area contributed by atoms with Crippen LogP contribution < -0.4 is 0 Å². The van der Waals surface area contributed by atoms with Crippen LogP contribution in [0, 0.1) is 6.92 Å². The molecule has 0 amide bonds. The number of hydrogen-bond acceptors (Lipinski definition) is 5. The van der Waals surface area contributed by atoms with Crippen molar-refractivity contribution in [3.63, 3.8) is 0 Å². The van der Waals surface area contributed by atoms with Gasteiger partial charge in [0.05, 0.1) is 18.3 Å². The molecule has 0 unspecified atom stereocenters. The maximum Gasteiger partial charge on any atom is 0.192 e. The average Bonchev–Trinajstić information content (AvgIpc) is 3.33. The van der Waals surface area contributed by atoms with E-state index in [4.69, 9.17) is 0 Å². The first-order valence-corrected chi connectivity index (χ1v) is 11.8. The molecule has 0 saturated carbocycles. The van der Waals surface area contributed by atoms with Gasteiger partial charge in [-0.15, -0.1) is 10.2 Å². The van der Waals surface area contributed by atoms with Gasteiger partial charge in [0, 0.05) is 22.2 Å². The van der Waals surface area contributed by atoms with Crippen LogP contribution in [0.1, 0.15) is 46.8 Å². The summed E-state index contributed by atoms with van der Waals surface area (Å²) in [5.41, 5.74) is 3.84. The van der Waals surface area contributed by atoms with Crippen LogP contribution in [0.25, 0.3) is 10.9 Å². The number of Topliss-reactive ketones (excluding diaryl/α,β-unsaturated/α-hetero) is 1. The van der Waals surface area contributed by atoms with E-state index in [-0.39, 0.29) is 11.8 Å². The molecule has 6 nitrogen and oxygen atoms in total. The van der Waals surface area contributed by atoms with Gasteiger partial charge in [-0.1, -0.05) is 67.2 Å². The number of hydrogen-bond donors (Lipinski definition) is 1. The molecule has 0 bridgehead atoms. The van der Waals surface area contributed by atoms with E-state index in [2.05, 4.69) is 57.8 Å². The molecule has 0 aliphatic carbocycles. The summed E-state index contributed by atoms with van der Waals surface area (Å²) in [5, 5.41) is 10.8. The summed E-state index contributed by atoms with van der Waals surface area (Å²) in [6.45, 7) is 4.79. The van der Waals surface area contributed by atoms with E-state index in [1.54, 1.807) is 0 Å². The van der Waals surface area contributed by atoms with Gasteiger partial charge in [0.2, 0.25) is 0 Å². The fraction of sp³-hybridized carbons (Fsp3) is 0.320. The number of ketones is 1. The van der Waals surface area contributed by atoms with Gasteiger partial charge in [0.25, 0.3) is 0 Å². The number of para-hydroxylation sites is 1. The fourth-order valence-electron chi connectivity index (χ4n) is 4.18. The number of H-pyrrole nitrogens is 1. The second-order valence-electron chi connectivity index (χ2n) is 8.18. The third kappa shape index (κ3) is 4.49. The van der Waals surface area contributed by atoms with Crippen LogP contribution in [0.5, 0.6) is 0 Å². The molecule has 0 spiro atoms. The standard InChI is InChI=1S/C25H29N5OS/c1-5-21(29(3)4)24-27-28-25(30(24)15-18-11-7-6-8-12-18)32-16-22(31)23-17(2)26-20-14-10-9-13-19(20)23/h6-14,21,26H,5,15-16H2,1-4H3/t21-/m0/s1. The smallest absolute Gasteiger partial charge is 0.192 e. The van der Waals surface area contributed by atoms with Gasteiger partial charge in [-0.2, -0.15) is 0 Å².